The molecule has 1 heterocycles. The second kappa shape index (κ2) is 5.86. The minimum absolute atomic E-state index is 0.644. The van der Waals surface area contributed by atoms with Crippen molar-refractivity contribution in [1.29, 1.82) is 0 Å². The molecular formula is C13H27NO. The van der Waals surface area contributed by atoms with E-state index in [-0.39, 0.29) is 0 Å². The molecular weight excluding hydrogens is 186 g/mol. The Bertz CT molecular complexity index is 179. The van der Waals surface area contributed by atoms with Gasteiger partial charge in [-0.15, -0.1) is 0 Å². The molecule has 0 aliphatic carbocycles. The van der Waals surface area contributed by atoms with Crippen molar-refractivity contribution >= 4 is 0 Å². The van der Waals surface area contributed by atoms with E-state index in [2.05, 4.69) is 32.6 Å². The van der Waals surface area contributed by atoms with Crippen LogP contribution in [0.25, 0.3) is 0 Å². The molecule has 2 heteroatoms. The van der Waals surface area contributed by atoms with Crippen molar-refractivity contribution in [2.45, 2.75) is 52.6 Å². The van der Waals surface area contributed by atoms with Gasteiger partial charge in [-0.3, -0.25) is 4.90 Å². The van der Waals surface area contributed by atoms with Crippen molar-refractivity contribution in [2.24, 2.45) is 11.8 Å². The monoisotopic (exact) mass is 213 g/mol. The molecule has 1 aliphatic heterocycles. The highest BCUT2D eigenvalue weighted by Gasteiger charge is 2.30. The molecule has 0 spiro atoms. The summed E-state index contributed by atoms with van der Waals surface area (Å²) in [5.41, 5.74) is 0. The number of likely N-dealkylation sites (tertiary alicyclic amines) is 1. The maximum absolute atomic E-state index is 5.32. The number of hydrogen-bond donors (Lipinski definition) is 0. The average Bonchev–Trinajstić information content (AvgIpc) is 2.18. The van der Waals surface area contributed by atoms with Gasteiger partial charge in [-0.05, 0) is 38.5 Å². The minimum Gasteiger partial charge on any atom is -0.383 e. The molecule has 1 saturated heterocycles. The molecule has 0 aromatic carbocycles. The van der Waals surface area contributed by atoms with Crippen LogP contribution in [-0.4, -0.2) is 37.2 Å². The second-order valence-corrected chi connectivity index (χ2v) is 5.48. The van der Waals surface area contributed by atoms with Crippen molar-refractivity contribution in [3.8, 4) is 0 Å². The van der Waals surface area contributed by atoms with Gasteiger partial charge < -0.3 is 4.74 Å². The number of piperidine rings is 1. The maximum atomic E-state index is 5.32. The minimum atomic E-state index is 0.644. The molecule has 0 bridgehead atoms. The van der Waals surface area contributed by atoms with Gasteiger partial charge in [0.05, 0.1) is 6.61 Å². The lowest BCUT2D eigenvalue weighted by molar-refractivity contribution is 0.0150. The van der Waals surface area contributed by atoms with Gasteiger partial charge in [-0.2, -0.15) is 0 Å². The Labute approximate surface area is 95.0 Å². The van der Waals surface area contributed by atoms with E-state index in [0.717, 1.165) is 18.4 Å². The Morgan fingerprint density at radius 3 is 2.33 bits per heavy atom. The van der Waals surface area contributed by atoms with Gasteiger partial charge in [0.15, 0.2) is 0 Å². The first-order chi connectivity index (χ1) is 7.06. The maximum Gasteiger partial charge on any atom is 0.0618 e. The van der Waals surface area contributed by atoms with Crippen LogP contribution < -0.4 is 0 Å². The lowest BCUT2D eigenvalue weighted by Gasteiger charge is -2.43. The average molecular weight is 213 g/mol. The summed E-state index contributed by atoms with van der Waals surface area (Å²) in [6.45, 7) is 11.4. The lowest BCUT2D eigenvalue weighted by atomic mass is 9.84. The summed E-state index contributed by atoms with van der Waals surface area (Å²) in [4.78, 5) is 2.62. The SMILES string of the molecule is COC[C@@H]1CCC(C(C)C)CN1C(C)C. The molecule has 0 saturated carbocycles. The summed E-state index contributed by atoms with van der Waals surface area (Å²) >= 11 is 0. The summed E-state index contributed by atoms with van der Waals surface area (Å²) in [7, 11) is 1.81. The molecule has 1 unspecified atom stereocenters. The molecule has 90 valence electrons. The van der Waals surface area contributed by atoms with E-state index >= 15 is 0 Å². The predicted octanol–water partition coefficient (Wildman–Crippen LogP) is 2.78. The molecule has 0 aromatic rings. The van der Waals surface area contributed by atoms with Gasteiger partial charge in [-0.1, -0.05) is 13.8 Å². The Morgan fingerprint density at radius 2 is 1.87 bits per heavy atom. The molecule has 2 nitrogen and oxygen atoms in total. The summed E-state index contributed by atoms with van der Waals surface area (Å²) in [5, 5.41) is 0. The summed E-state index contributed by atoms with van der Waals surface area (Å²) in [6, 6.07) is 1.29. The molecule has 0 radical (unpaired) electrons. The molecule has 15 heavy (non-hydrogen) atoms. The number of methoxy groups -OCH3 is 1. The smallest absolute Gasteiger partial charge is 0.0618 e. The van der Waals surface area contributed by atoms with Crippen LogP contribution >= 0.6 is 0 Å². The fraction of sp³-hybridized carbons (Fsp3) is 1.00. The highest BCUT2D eigenvalue weighted by molar-refractivity contribution is 4.84. The summed E-state index contributed by atoms with van der Waals surface area (Å²) < 4.78 is 5.32. The third kappa shape index (κ3) is 3.46. The van der Waals surface area contributed by atoms with E-state index in [1.54, 1.807) is 0 Å². The molecule has 2 atom stereocenters. The summed E-state index contributed by atoms with van der Waals surface area (Å²) in [5.74, 6) is 1.69. The zero-order valence-corrected chi connectivity index (χ0v) is 11.0. The molecule has 1 rings (SSSR count). The Balaban J connectivity index is 2.56. The van der Waals surface area contributed by atoms with Crippen LogP contribution in [0.2, 0.25) is 0 Å². The fourth-order valence-corrected chi connectivity index (χ4v) is 2.63. The predicted molar refractivity (Wildman–Crippen MR) is 65.1 cm³/mol. The molecule has 0 aromatic heterocycles. The van der Waals surface area contributed by atoms with E-state index in [1.807, 2.05) is 7.11 Å². The first-order valence-corrected chi connectivity index (χ1v) is 6.31. The van der Waals surface area contributed by atoms with Gasteiger partial charge >= 0.3 is 0 Å². The van der Waals surface area contributed by atoms with E-state index in [9.17, 15) is 0 Å². The van der Waals surface area contributed by atoms with Crippen LogP contribution in [-0.2, 0) is 4.74 Å². The number of nitrogens with zero attached hydrogens (tertiary/aromatic N) is 1. The van der Waals surface area contributed by atoms with Gasteiger partial charge in [0.1, 0.15) is 0 Å². The standard InChI is InChI=1S/C13H27NO/c1-10(2)12-6-7-13(9-15-5)14(8-12)11(3)4/h10-13H,6-9H2,1-5H3/t12?,13-/m0/s1. The normalized spacial score (nSPS) is 29.0. The van der Waals surface area contributed by atoms with Crippen molar-refractivity contribution in [3.05, 3.63) is 0 Å². The lowest BCUT2D eigenvalue weighted by Crippen LogP contribution is -2.49. The van der Waals surface area contributed by atoms with Gasteiger partial charge in [-0.25, -0.2) is 0 Å². The first kappa shape index (κ1) is 13.0. The van der Waals surface area contributed by atoms with Crippen LogP contribution in [0, 0.1) is 11.8 Å². The van der Waals surface area contributed by atoms with E-state index in [0.29, 0.717) is 12.1 Å². The van der Waals surface area contributed by atoms with Crippen molar-refractivity contribution in [1.82, 2.24) is 4.90 Å². The number of hydrogen-bond acceptors (Lipinski definition) is 2. The van der Waals surface area contributed by atoms with Crippen LogP contribution in [0.15, 0.2) is 0 Å². The highest BCUT2D eigenvalue weighted by atomic mass is 16.5. The largest absolute Gasteiger partial charge is 0.383 e. The van der Waals surface area contributed by atoms with E-state index in [1.165, 1.54) is 19.4 Å². The van der Waals surface area contributed by atoms with Crippen molar-refractivity contribution in [3.63, 3.8) is 0 Å². The van der Waals surface area contributed by atoms with E-state index < -0.39 is 0 Å². The van der Waals surface area contributed by atoms with Crippen molar-refractivity contribution in [2.75, 3.05) is 20.3 Å². The van der Waals surface area contributed by atoms with Gasteiger partial charge in [0, 0.05) is 25.7 Å². The van der Waals surface area contributed by atoms with Gasteiger partial charge in [0.2, 0.25) is 0 Å². The first-order valence-electron chi connectivity index (χ1n) is 6.31. The quantitative estimate of drug-likeness (QED) is 0.712. The molecule has 0 amide bonds. The Morgan fingerprint density at radius 1 is 1.20 bits per heavy atom. The van der Waals surface area contributed by atoms with Crippen molar-refractivity contribution < 1.29 is 4.74 Å². The summed E-state index contributed by atoms with van der Waals surface area (Å²) in [6.07, 6.45) is 2.67. The van der Waals surface area contributed by atoms with Gasteiger partial charge in [0.25, 0.3) is 0 Å². The van der Waals surface area contributed by atoms with E-state index in [4.69, 9.17) is 4.74 Å². The Hall–Kier alpha value is -0.0800. The number of rotatable bonds is 4. The van der Waals surface area contributed by atoms with Crippen LogP contribution in [0.4, 0.5) is 0 Å². The Kier molecular flexibility index (Phi) is 5.07. The van der Waals surface area contributed by atoms with Crippen LogP contribution in [0.1, 0.15) is 40.5 Å². The number of ether oxygens (including phenoxy) is 1. The molecule has 1 aliphatic rings. The third-order valence-corrected chi connectivity index (χ3v) is 3.75. The zero-order chi connectivity index (χ0) is 11.4. The fourth-order valence-electron chi connectivity index (χ4n) is 2.63. The third-order valence-electron chi connectivity index (χ3n) is 3.75. The second-order valence-electron chi connectivity index (χ2n) is 5.48. The highest BCUT2D eigenvalue weighted by Crippen LogP contribution is 2.28. The van der Waals surface area contributed by atoms with Crippen LogP contribution in [0.3, 0.4) is 0 Å². The topological polar surface area (TPSA) is 12.5 Å². The molecule has 0 N–H and O–H groups in total. The molecule has 1 fully saturated rings. The van der Waals surface area contributed by atoms with Crippen LogP contribution in [0.5, 0.6) is 0 Å². The zero-order valence-electron chi connectivity index (χ0n) is 11.0.